The molecule has 18 heavy (non-hydrogen) atoms. The lowest BCUT2D eigenvalue weighted by Gasteiger charge is -2.05. The Kier molecular flexibility index (Phi) is 4.07. The van der Waals surface area contributed by atoms with Gasteiger partial charge in [-0.3, -0.25) is 0 Å². The fraction of sp³-hybridized carbons (Fsp3) is 0.250. The summed E-state index contributed by atoms with van der Waals surface area (Å²) in [5, 5.41) is 0.358. The first-order valence-corrected chi connectivity index (χ1v) is 5.64. The van der Waals surface area contributed by atoms with Crippen molar-refractivity contribution in [2.75, 3.05) is 14.2 Å². The normalized spacial score (nSPS) is 10.4. The molecule has 0 aliphatic heterocycles. The lowest BCUT2D eigenvalue weighted by molar-refractivity contribution is 0.181. The topological polar surface area (TPSA) is 57.1 Å². The van der Waals surface area contributed by atoms with Crippen LogP contribution >= 0.6 is 11.6 Å². The van der Waals surface area contributed by atoms with Crippen LogP contribution in [0.25, 0.3) is 11.5 Å². The number of halogens is 1. The minimum Gasteiger partial charge on any atom is -0.481 e. The molecule has 0 atom stereocenters. The van der Waals surface area contributed by atoms with E-state index in [1.807, 2.05) is 6.07 Å². The molecule has 0 N–H and O–H groups in total. The monoisotopic (exact) mass is 265 g/mol. The van der Waals surface area contributed by atoms with E-state index >= 15 is 0 Å². The SMILES string of the molecule is COCc1cc(Cl)nc(-c2cccc(OC)n2)n1. The van der Waals surface area contributed by atoms with Crippen molar-refractivity contribution in [2.24, 2.45) is 0 Å². The number of ether oxygens (including phenoxy) is 2. The molecule has 0 saturated carbocycles. The largest absolute Gasteiger partial charge is 0.481 e. The molecule has 2 heterocycles. The lowest BCUT2D eigenvalue weighted by Crippen LogP contribution is -1.99. The zero-order chi connectivity index (χ0) is 13.0. The van der Waals surface area contributed by atoms with Gasteiger partial charge in [-0.1, -0.05) is 17.7 Å². The Bertz CT molecular complexity index is 549. The minimum absolute atomic E-state index is 0.358. The van der Waals surface area contributed by atoms with Crippen molar-refractivity contribution >= 4 is 11.6 Å². The molecule has 94 valence electrons. The first-order chi connectivity index (χ1) is 8.72. The predicted octanol–water partition coefficient (Wildman–Crippen LogP) is 2.35. The van der Waals surface area contributed by atoms with Gasteiger partial charge in [-0.2, -0.15) is 0 Å². The molecule has 0 aromatic carbocycles. The van der Waals surface area contributed by atoms with Crippen molar-refractivity contribution in [3.05, 3.63) is 35.1 Å². The van der Waals surface area contributed by atoms with Gasteiger partial charge in [0.2, 0.25) is 5.88 Å². The zero-order valence-electron chi connectivity index (χ0n) is 10.1. The van der Waals surface area contributed by atoms with Gasteiger partial charge in [0.05, 0.1) is 19.4 Å². The van der Waals surface area contributed by atoms with Gasteiger partial charge in [-0.15, -0.1) is 0 Å². The Morgan fingerprint density at radius 1 is 1.17 bits per heavy atom. The predicted molar refractivity (Wildman–Crippen MR) is 67.5 cm³/mol. The van der Waals surface area contributed by atoms with Gasteiger partial charge in [0.25, 0.3) is 0 Å². The highest BCUT2D eigenvalue weighted by atomic mass is 35.5. The molecule has 2 aromatic rings. The second-order valence-electron chi connectivity index (χ2n) is 3.50. The van der Waals surface area contributed by atoms with Crippen LogP contribution in [-0.2, 0) is 11.3 Å². The molecule has 6 heteroatoms. The fourth-order valence-electron chi connectivity index (χ4n) is 1.45. The number of nitrogens with zero attached hydrogens (tertiary/aromatic N) is 3. The maximum Gasteiger partial charge on any atom is 0.213 e. The third-order valence-corrected chi connectivity index (χ3v) is 2.40. The van der Waals surface area contributed by atoms with Crippen molar-refractivity contribution in [3.8, 4) is 17.4 Å². The first kappa shape index (κ1) is 12.7. The summed E-state index contributed by atoms with van der Waals surface area (Å²) in [5.74, 6) is 0.956. The van der Waals surface area contributed by atoms with E-state index in [-0.39, 0.29) is 0 Å². The number of methoxy groups -OCH3 is 2. The van der Waals surface area contributed by atoms with Crippen LogP contribution in [0.15, 0.2) is 24.3 Å². The van der Waals surface area contributed by atoms with Gasteiger partial charge in [0.1, 0.15) is 10.8 Å². The molecule has 0 radical (unpaired) electrons. The third-order valence-electron chi connectivity index (χ3n) is 2.20. The molecule has 0 aliphatic rings. The van der Waals surface area contributed by atoms with Crippen molar-refractivity contribution in [1.82, 2.24) is 15.0 Å². The van der Waals surface area contributed by atoms with Crippen molar-refractivity contribution in [2.45, 2.75) is 6.61 Å². The van der Waals surface area contributed by atoms with Crippen LogP contribution in [0.5, 0.6) is 5.88 Å². The number of hydrogen-bond acceptors (Lipinski definition) is 5. The Morgan fingerprint density at radius 2 is 2.00 bits per heavy atom. The molecule has 0 spiro atoms. The Labute approximate surface area is 110 Å². The van der Waals surface area contributed by atoms with Gasteiger partial charge in [-0.25, -0.2) is 15.0 Å². The van der Waals surface area contributed by atoms with Crippen LogP contribution in [0.3, 0.4) is 0 Å². The van der Waals surface area contributed by atoms with Gasteiger partial charge < -0.3 is 9.47 Å². The van der Waals surface area contributed by atoms with Gasteiger partial charge in [0.15, 0.2) is 5.82 Å². The van der Waals surface area contributed by atoms with E-state index in [9.17, 15) is 0 Å². The Morgan fingerprint density at radius 3 is 2.72 bits per heavy atom. The van der Waals surface area contributed by atoms with Crippen LogP contribution in [0.2, 0.25) is 5.15 Å². The molecule has 0 unspecified atom stereocenters. The second-order valence-corrected chi connectivity index (χ2v) is 3.89. The highest BCUT2D eigenvalue weighted by Crippen LogP contribution is 2.19. The highest BCUT2D eigenvalue weighted by molar-refractivity contribution is 6.29. The van der Waals surface area contributed by atoms with E-state index < -0.39 is 0 Å². The summed E-state index contributed by atoms with van der Waals surface area (Å²) in [6.45, 7) is 0.374. The van der Waals surface area contributed by atoms with Crippen molar-refractivity contribution < 1.29 is 9.47 Å². The lowest BCUT2D eigenvalue weighted by atomic mass is 10.3. The molecule has 0 amide bonds. The Balaban J connectivity index is 2.42. The van der Waals surface area contributed by atoms with Crippen LogP contribution in [0.1, 0.15) is 5.69 Å². The van der Waals surface area contributed by atoms with Crippen molar-refractivity contribution in [3.63, 3.8) is 0 Å². The Hall–Kier alpha value is -1.72. The summed E-state index contributed by atoms with van der Waals surface area (Å²) in [7, 11) is 3.15. The zero-order valence-corrected chi connectivity index (χ0v) is 10.8. The van der Waals surface area contributed by atoms with Crippen LogP contribution < -0.4 is 4.74 Å². The summed E-state index contributed by atoms with van der Waals surface area (Å²) in [6, 6.07) is 7.03. The quantitative estimate of drug-likeness (QED) is 0.794. The minimum atomic E-state index is 0.358. The number of hydrogen-bond donors (Lipinski definition) is 0. The molecular weight excluding hydrogens is 254 g/mol. The first-order valence-electron chi connectivity index (χ1n) is 5.26. The van der Waals surface area contributed by atoms with E-state index in [4.69, 9.17) is 21.1 Å². The van der Waals surface area contributed by atoms with E-state index in [1.165, 1.54) is 0 Å². The summed E-state index contributed by atoms with van der Waals surface area (Å²) in [5.41, 5.74) is 1.31. The van der Waals surface area contributed by atoms with Gasteiger partial charge in [0, 0.05) is 13.2 Å². The molecule has 5 nitrogen and oxygen atoms in total. The molecular formula is C12H12ClN3O2. The summed E-state index contributed by atoms with van der Waals surface area (Å²) in [6.07, 6.45) is 0. The fourth-order valence-corrected chi connectivity index (χ4v) is 1.66. The second kappa shape index (κ2) is 5.75. The van der Waals surface area contributed by atoms with E-state index in [0.29, 0.717) is 34.9 Å². The highest BCUT2D eigenvalue weighted by Gasteiger charge is 2.08. The number of pyridine rings is 1. The summed E-state index contributed by atoms with van der Waals surface area (Å²) < 4.78 is 10.1. The molecule has 0 saturated heterocycles. The standard InChI is InChI=1S/C12H12ClN3O2/c1-17-7-8-6-10(13)16-12(14-8)9-4-3-5-11(15-9)18-2/h3-6H,7H2,1-2H3. The van der Waals surface area contributed by atoms with Crippen molar-refractivity contribution in [1.29, 1.82) is 0 Å². The summed E-state index contributed by atoms with van der Waals surface area (Å²) >= 11 is 5.94. The third kappa shape index (κ3) is 2.94. The average Bonchev–Trinajstić information content (AvgIpc) is 2.38. The molecule has 0 aliphatic carbocycles. The van der Waals surface area contributed by atoms with E-state index in [0.717, 1.165) is 0 Å². The van der Waals surface area contributed by atoms with Crippen LogP contribution in [0, 0.1) is 0 Å². The van der Waals surface area contributed by atoms with Crippen LogP contribution in [-0.4, -0.2) is 29.2 Å². The van der Waals surface area contributed by atoms with E-state index in [2.05, 4.69) is 15.0 Å². The molecule has 0 fully saturated rings. The number of aromatic nitrogens is 3. The van der Waals surface area contributed by atoms with Gasteiger partial charge >= 0.3 is 0 Å². The number of rotatable bonds is 4. The molecule has 2 aromatic heterocycles. The maximum atomic E-state index is 5.94. The molecule has 2 rings (SSSR count). The summed E-state index contributed by atoms with van der Waals surface area (Å²) in [4.78, 5) is 12.7. The van der Waals surface area contributed by atoms with Crippen LogP contribution in [0.4, 0.5) is 0 Å². The maximum absolute atomic E-state index is 5.94. The van der Waals surface area contributed by atoms with Gasteiger partial charge in [-0.05, 0) is 12.1 Å². The molecule has 0 bridgehead atoms. The smallest absolute Gasteiger partial charge is 0.213 e. The average molecular weight is 266 g/mol. The van der Waals surface area contributed by atoms with E-state index in [1.54, 1.807) is 32.4 Å².